The van der Waals surface area contributed by atoms with Crippen LogP contribution in [0.5, 0.6) is 0 Å². The molecule has 4 rings (SSSR count). The Hall–Kier alpha value is -2.59. The third-order valence-corrected chi connectivity index (χ3v) is 7.77. The fourth-order valence-electron chi connectivity index (χ4n) is 5.37. The Morgan fingerprint density at radius 1 is 0.765 bits per heavy atom. The number of unbranched alkanes of at least 4 members (excludes halogenated alkanes) is 2. The van der Waals surface area contributed by atoms with Crippen LogP contribution in [0.15, 0.2) is 54.6 Å². The number of benzene rings is 3. The van der Waals surface area contributed by atoms with Gasteiger partial charge in [0, 0.05) is 10.9 Å². The molecule has 1 saturated carbocycles. The van der Waals surface area contributed by atoms with Gasteiger partial charge >= 0.3 is 0 Å². The first-order valence-corrected chi connectivity index (χ1v) is 13.5. The van der Waals surface area contributed by atoms with Gasteiger partial charge in [-0.15, -0.1) is 0 Å². The average molecular weight is 455 g/mol. The fourth-order valence-corrected chi connectivity index (χ4v) is 5.37. The molecular formula is C33H39F. The van der Waals surface area contributed by atoms with E-state index in [0.29, 0.717) is 10.9 Å². The molecule has 0 atom stereocenters. The molecule has 0 radical (unpaired) electrons. The van der Waals surface area contributed by atoms with E-state index in [2.05, 4.69) is 50.0 Å². The van der Waals surface area contributed by atoms with Crippen LogP contribution in [0.1, 0.15) is 93.9 Å². The zero-order chi connectivity index (χ0) is 23.8. The summed E-state index contributed by atoms with van der Waals surface area (Å²) in [5.74, 6) is 7.81. The van der Waals surface area contributed by atoms with E-state index in [0.717, 1.165) is 35.6 Å². The second kappa shape index (κ2) is 12.2. The lowest BCUT2D eigenvalue weighted by Gasteiger charge is -2.27. The molecule has 0 heterocycles. The number of aryl methyl sites for hydroxylation is 2. The molecule has 0 aliphatic heterocycles. The standard InChI is InChI=1S/C33H39F/c1-3-5-6-7-26-12-14-28(15-13-26)18-20-30-21-22-31-24-29(19-23-32(31)33(30)34)17-16-27-10-8-25(4-2)9-11-27/h12-15,19,21-25,27H,3-11,16-17H2,1-2H3. The molecule has 0 saturated heterocycles. The molecule has 1 aliphatic carbocycles. The third-order valence-electron chi connectivity index (χ3n) is 7.77. The number of fused-ring (bicyclic) bond motifs is 1. The number of hydrogen-bond acceptors (Lipinski definition) is 0. The van der Waals surface area contributed by atoms with Crippen molar-refractivity contribution in [3.8, 4) is 11.8 Å². The van der Waals surface area contributed by atoms with Crippen molar-refractivity contribution in [3.63, 3.8) is 0 Å². The number of hydrogen-bond donors (Lipinski definition) is 0. The average Bonchev–Trinajstić information content (AvgIpc) is 2.88. The Labute approximate surface area is 206 Å². The van der Waals surface area contributed by atoms with E-state index >= 15 is 4.39 Å². The van der Waals surface area contributed by atoms with E-state index < -0.39 is 0 Å². The Kier molecular flexibility index (Phi) is 8.81. The van der Waals surface area contributed by atoms with Crippen molar-refractivity contribution in [1.29, 1.82) is 0 Å². The molecule has 0 unspecified atom stereocenters. The van der Waals surface area contributed by atoms with Crippen molar-refractivity contribution < 1.29 is 4.39 Å². The molecule has 178 valence electrons. The topological polar surface area (TPSA) is 0 Å². The van der Waals surface area contributed by atoms with Crippen molar-refractivity contribution in [2.75, 3.05) is 0 Å². The molecule has 0 nitrogen and oxygen atoms in total. The van der Waals surface area contributed by atoms with Gasteiger partial charge in [-0.2, -0.15) is 0 Å². The second-order valence-electron chi connectivity index (χ2n) is 10.2. The van der Waals surface area contributed by atoms with Crippen LogP contribution in [-0.2, 0) is 12.8 Å². The molecule has 1 aliphatic rings. The van der Waals surface area contributed by atoms with Gasteiger partial charge in [0.1, 0.15) is 5.82 Å². The molecule has 3 aromatic rings. The summed E-state index contributed by atoms with van der Waals surface area (Å²) in [7, 11) is 0. The highest BCUT2D eigenvalue weighted by molar-refractivity contribution is 5.85. The summed E-state index contributed by atoms with van der Waals surface area (Å²) in [6, 6.07) is 18.5. The van der Waals surface area contributed by atoms with Gasteiger partial charge in [-0.3, -0.25) is 0 Å². The molecule has 1 fully saturated rings. The minimum atomic E-state index is -0.203. The van der Waals surface area contributed by atoms with E-state index in [1.165, 1.54) is 68.9 Å². The molecule has 3 aromatic carbocycles. The highest BCUT2D eigenvalue weighted by atomic mass is 19.1. The Morgan fingerprint density at radius 2 is 1.50 bits per heavy atom. The van der Waals surface area contributed by atoms with Crippen LogP contribution in [0.25, 0.3) is 10.8 Å². The Morgan fingerprint density at radius 3 is 2.24 bits per heavy atom. The molecule has 0 bridgehead atoms. The predicted molar refractivity (Wildman–Crippen MR) is 144 cm³/mol. The molecule has 34 heavy (non-hydrogen) atoms. The van der Waals surface area contributed by atoms with Crippen LogP contribution in [-0.4, -0.2) is 0 Å². The van der Waals surface area contributed by atoms with Crippen LogP contribution in [0, 0.1) is 29.5 Å². The van der Waals surface area contributed by atoms with Gasteiger partial charge in [-0.25, -0.2) is 4.39 Å². The first kappa shape index (κ1) is 24.5. The Balaban J connectivity index is 1.39. The van der Waals surface area contributed by atoms with Gasteiger partial charge in [0.15, 0.2) is 0 Å². The normalized spacial score (nSPS) is 18.0. The summed E-state index contributed by atoms with van der Waals surface area (Å²) in [5.41, 5.74) is 4.07. The van der Waals surface area contributed by atoms with Crippen molar-refractivity contribution in [1.82, 2.24) is 0 Å². The number of rotatable bonds is 8. The maximum absolute atomic E-state index is 15.2. The third kappa shape index (κ3) is 6.50. The molecule has 0 spiro atoms. The van der Waals surface area contributed by atoms with Gasteiger partial charge in [-0.05, 0) is 72.2 Å². The minimum Gasteiger partial charge on any atom is -0.205 e. The summed E-state index contributed by atoms with van der Waals surface area (Å²) in [6.07, 6.45) is 14.1. The zero-order valence-corrected chi connectivity index (χ0v) is 21.0. The maximum Gasteiger partial charge on any atom is 0.146 e. The van der Waals surface area contributed by atoms with Crippen LogP contribution in [0.2, 0.25) is 0 Å². The van der Waals surface area contributed by atoms with Crippen LogP contribution >= 0.6 is 0 Å². The summed E-state index contributed by atoms with van der Waals surface area (Å²) in [5, 5.41) is 1.65. The van der Waals surface area contributed by atoms with E-state index in [1.54, 1.807) is 0 Å². The van der Waals surface area contributed by atoms with Crippen molar-refractivity contribution in [2.24, 2.45) is 11.8 Å². The van der Waals surface area contributed by atoms with E-state index in [-0.39, 0.29) is 5.82 Å². The fraction of sp³-hybridized carbons (Fsp3) is 0.455. The largest absolute Gasteiger partial charge is 0.205 e. The second-order valence-corrected chi connectivity index (χ2v) is 10.2. The smallest absolute Gasteiger partial charge is 0.146 e. The SMILES string of the molecule is CCCCCc1ccc(C#Cc2ccc3cc(CCC4CCC(CC)CC4)ccc3c2F)cc1. The molecular weight excluding hydrogens is 415 g/mol. The van der Waals surface area contributed by atoms with Crippen molar-refractivity contribution in [2.45, 2.75) is 84.5 Å². The van der Waals surface area contributed by atoms with Crippen LogP contribution < -0.4 is 0 Å². The highest BCUT2D eigenvalue weighted by Crippen LogP contribution is 2.33. The predicted octanol–water partition coefficient (Wildman–Crippen LogP) is 9.26. The lowest BCUT2D eigenvalue weighted by atomic mass is 9.78. The van der Waals surface area contributed by atoms with E-state index in [4.69, 9.17) is 0 Å². The Bertz CT molecular complexity index is 1120. The summed E-state index contributed by atoms with van der Waals surface area (Å²) in [4.78, 5) is 0. The minimum absolute atomic E-state index is 0.203. The van der Waals surface area contributed by atoms with Gasteiger partial charge in [0.05, 0.1) is 5.56 Å². The summed E-state index contributed by atoms with van der Waals surface area (Å²) < 4.78 is 15.2. The molecule has 0 amide bonds. The van der Waals surface area contributed by atoms with Gasteiger partial charge in [-0.1, -0.05) is 107 Å². The van der Waals surface area contributed by atoms with Gasteiger partial charge < -0.3 is 0 Å². The summed E-state index contributed by atoms with van der Waals surface area (Å²) in [6.45, 7) is 4.55. The molecule has 1 heteroatoms. The number of halogens is 1. The van der Waals surface area contributed by atoms with Crippen molar-refractivity contribution >= 4 is 10.8 Å². The van der Waals surface area contributed by atoms with E-state index in [9.17, 15) is 0 Å². The van der Waals surface area contributed by atoms with Crippen LogP contribution in [0.3, 0.4) is 0 Å². The first-order valence-electron chi connectivity index (χ1n) is 13.5. The van der Waals surface area contributed by atoms with Crippen molar-refractivity contribution in [3.05, 3.63) is 82.7 Å². The highest BCUT2D eigenvalue weighted by Gasteiger charge is 2.19. The van der Waals surface area contributed by atoms with Gasteiger partial charge in [0.25, 0.3) is 0 Å². The van der Waals surface area contributed by atoms with Gasteiger partial charge in [0.2, 0.25) is 0 Å². The monoisotopic (exact) mass is 454 g/mol. The lowest BCUT2D eigenvalue weighted by Crippen LogP contribution is -2.14. The summed E-state index contributed by atoms with van der Waals surface area (Å²) >= 11 is 0. The molecule has 0 aromatic heterocycles. The first-order chi connectivity index (χ1) is 16.7. The van der Waals surface area contributed by atoms with E-state index in [1.807, 2.05) is 30.3 Å². The molecule has 0 N–H and O–H groups in total. The maximum atomic E-state index is 15.2. The lowest BCUT2D eigenvalue weighted by molar-refractivity contribution is 0.259. The zero-order valence-electron chi connectivity index (χ0n) is 21.0. The quantitative estimate of drug-likeness (QED) is 0.235. The van der Waals surface area contributed by atoms with Crippen LogP contribution in [0.4, 0.5) is 4.39 Å².